The lowest BCUT2D eigenvalue weighted by Crippen LogP contribution is -2.25. The van der Waals surface area contributed by atoms with Crippen LogP contribution < -0.4 is 10.6 Å². The van der Waals surface area contributed by atoms with E-state index in [0.29, 0.717) is 12.1 Å². The van der Waals surface area contributed by atoms with Crippen molar-refractivity contribution in [1.82, 2.24) is 10.3 Å². The molecule has 0 spiro atoms. The number of benzene rings is 1. The quantitative estimate of drug-likeness (QED) is 0.690. The van der Waals surface area contributed by atoms with Crippen LogP contribution in [-0.2, 0) is 0 Å². The molecule has 5 nitrogen and oxygen atoms in total. The maximum Gasteiger partial charge on any atom is 0.274 e. The van der Waals surface area contributed by atoms with Crippen LogP contribution in [0.25, 0.3) is 0 Å². The fraction of sp³-hybridized carbons (Fsp3) is 0.375. The Labute approximate surface area is 172 Å². The van der Waals surface area contributed by atoms with Gasteiger partial charge in [0.1, 0.15) is 5.69 Å². The van der Waals surface area contributed by atoms with Gasteiger partial charge in [0, 0.05) is 24.0 Å². The number of rotatable bonds is 6. The Kier molecular flexibility index (Phi) is 6.81. The molecule has 2 amide bonds. The average Bonchev–Trinajstić information content (AvgIpc) is 2.71. The highest BCUT2D eigenvalue weighted by Gasteiger charge is 2.14. The number of pyridine rings is 1. The first-order valence-corrected chi connectivity index (χ1v) is 10.3. The first-order valence-electron chi connectivity index (χ1n) is 10.3. The number of anilines is 1. The molecule has 3 rings (SSSR count). The number of hydrogen-bond acceptors (Lipinski definition) is 3. The molecule has 0 radical (unpaired) electrons. The Balaban J connectivity index is 1.63. The van der Waals surface area contributed by atoms with E-state index in [4.69, 9.17) is 0 Å². The molecule has 1 aromatic carbocycles. The monoisotopic (exact) mass is 391 g/mol. The molecular weight excluding hydrogens is 362 g/mol. The van der Waals surface area contributed by atoms with E-state index >= 15 is 0 Å². The maximum atomic E-state index is 12.7. The summed E-state index contributed by atoms with van der Waals surface area (Å²) in [6.45, 7) is 6.57. The Morgan fingerprint density at radius 3 is 2.48 bits per heavy atom. The minimum Gasteiger partial charge on any atom is -0.352 e. The van der Waals surface area contributed by atoms with Crippen molar-refractivity contribution in [3.8, 4) is 0 Å². The van der Waals surface area contributed by atoms with E-state index in [1.807, 2.05) is 32.9 Å². The van der Waals surface area contributed by atoms with Gasteiger partial charge in [0.2, 0.25) is 0 Å². The van der Waals surface area contributed by atoms with Crippen LogP contribution in [0.5, 0.6) is 0 Å². The van der Waals surface area contributed by atoms with Gasteiger partial charge in [-0.15, -0.1) is 0 Å². The fourth-order valence-electron chi connectivity index (χ4n) is 3.82. The Morgan fingerprint density at radius 1 is 1.03 bits per heavy atom. The summed E-state index contributed by atoms with van der Waals surface area (Å²) in [5.41, 5.74) is 6.04. The van der Waals surface area contributed by atoms with E-state index < -0.39 is 0 Å². The third-order valence-electron chi connectivity index (χ3n) is 5.29. The Bertz CT molecular complexity index is 924. The molecule has 1 heterocycles. The molecule has 0 aliphatic heterocycles. The minimum absolute atomic E-state index is 0.180. The number of carbonyl (C=O) groups is 2. The van der Waals surface area contributed by atoms with Crippen molar-refractivity contribution in [1.29, 1.82) is 0 Å². The molecule has 0 bridgehead atoms. The van der Waals surface area contributed by atoms with Crippen LogP contribution >= 0.6 is 0 Å². The summed E-state index contributed by atoms with van der Waals surface area (Å²) in [4.78, 5) is 29.3. The van der Waals surface area contributed by atoms with Gasteiger partial charge in [-0.3, -0.25) is 14.6 Å². The van der Waals surface area contributed by atoms with Crippen molar-refractivity contribution in [2.24, 2.45) is 0 Å². The average molecular weight is 392 g/mol. The van der Waals surface area contributed by atoms with Gasteiger partial charge in [-0.1, -0.05) is 29.3 Å². The van der Waals surface area contributed by atoms with Crippen molar-refractivity contribution >= 4 is 17.5 Å². The molecule has 1 aliphatic carbocycles. The first kappa shape index (κ1) is 20.8. The van der Waals surface area contributed by atoms with E-state index in [1.54, 1.807) is 12.1 Å². The molecule has 0 unspecified atom stereocenters. The number of nitrogens with one attached hydrogen (secondary N) is 2. The number of carbonyl (C=O) groups excluding carboxylic acids is 2. The zero-order valence-corrected chi connectivity index (χ0v) is 17.5. The molecule has 1 aliphatic rings. The van der Waals surface area contributed by atoms with Gasteiger partial charge < -0.3 is 10.6 Å². The molecular formula is C24H29N3O2. The van der Waals surface area contributed by atoms with Crippen molar-refractivity contribution in [3.05, 3.63) is 70.1 Å². The van der Waals surface area contributed by atoms with Gasteiger partial charge in [0.25, 0.3) is 11.8 Å². The zero-order chi connectivity index (χ0) is 20.8. The summed E-state index contributed by atoms with van der Waals surface area (Å²) in [7, 11) is 0. The topological polar surface area (TPSA) is 71.1 Å². The number of hydrogen-bond donors (Lipinski definition) is 2. The molecule has 2 aromatic rings. The molecule has 0 saturated carbocycles. The van der Waals surface area contributed by atoms with Crippen LogP contribution in [-0.4, -0.2) is 23.3 Å². The van der Waals surface area contributed by atoms with Crippen LogP contribution in [0.2, 0.25) is 0 Å². The van der Waals surface area contributed by atoms with Gasteiger partial charge in [0.05, 0.1) is 0 Å². The third-order valence-corrected chi connectivity index (χ3v) is 5.29. The summed E-state index contributed by atoms with van der Waals surface area (Å²) in [6, 6.07) is 7.24. The highest BCUT2D eigenvalue weighted by Crippen LogP contribution is 2.22. The second-order valence-electron chi connectivity index (χ2n) is 7.77. The van der Waals surface area contributed by atoms with Crippen LogP contribution in [0.3, 0.4) is 0 Å². The van der Waals surface area contributed by atoms with E-state index in [0.717, 1.165) is 41.6 Å². The van der Waals surface area contributed by atoms with Crippen LogP contribution in [0.4, 0.5) is 5.69 Å². The lowest BCUT2D eigenvalue weighted by Gasteiger charge is -2.14. The van der Waals surface area contributed by atoms with E-state index in [-0.39, 0.29) is 17.5 Å². The van der Waals surface area contributed by atoms with Crippen molar-refractivity contribution in [2.45, 2.75) is 52.9 Å². The Hall–Kier alpha value is -2.95. The molecule has 1 aromatic heterocycles. The van der Waals surface area contributed by atoms with E-state index in [9.17, 15) is 9.59 Å². The number of allylic oxidation sites excluding steroid dienone is 1. The van der Waals surface area contributed by atoms with Crippen molar-refractivity contribution in [2.75, 3.05) is 11.9 Å². The summed E-state index contributed by atoms with van der Waals surface area (Å²) in [5.74, 6) is -0.498. The predicted molar refractivity (Wildman–Crippen MR) is 116 cm³/mol. The minimum atomic E-state index is -0.318. The predicted octanol–water partition coefficient (Wildman–Crippen LogP) is 4.88. The van der Waals surface area contributed by atoms with Gasteiger partial charge in [-0.05, 0) is 76.1 Å². The zero-order valence-electron chi connectivity index (χ0n) is 17.5. The van der Waals surface area contributed by atoms with E-state index in [2.05, 4.69) is 21.7 Å². The van der Waals surface area contributed by atoms with Crippen molar-refractivity contribution in [3.63, 3.8) is 0 Å². The summed E-state index contributed by atoms with van der Waals surface area (Å²) in [5, 5.41) is 5.88. The lowest BCUT2D eigenvalue weighted by molar-refractivity contribution is 0.0954. The third kappa shape index (κ3) is 5.53. The fourth-order valence-corrected chi connectivity index (χ4v) is 3.82. The molecule has 2 N–H and O–H groups in total. The molecule has 5 heteroatoms. The largest absolute Gasteiger partial charge is 0.352 e. The highest BCUT2D eigenvalue weighted by atomic mass is 16.2. The molecule has 0 atom stereocenters. The van der Waals surface area contributed by atoms with E-state index in [1.165, 1.54) is 24.6 Å². The van der Waals surface area contributed by atoms with Gasteiger partial charge in [-0.25, -0.2) is 0 Å². The molecule has 0 saturated heterocycles. The number of aryl methyl sites for hydroxylation is 3. The maximum absolute atomic E-state index is 12.7. The van der Waals surface area contributed by atoms with Crippen LogP contribution in [0.1, 0.15) is 69.6 Å². The van der Waals surface area contributed by atoms with Gasteiger partial charge in [-0.2, -0.15) is 0 Å². The normalized spacial score (nSPS) is 13.6. The number of nitrogens with zero attached hydrogens (tertiary/aromatic N) is 1. The van der Waals surface area contributed by atoms with Crippen molar-refractivity contribution < 1.29 is 9.59 Å². The molecule has 0 fully saturated rings. The lowest BCUT2D eigenvalue weighted by atomic mass is 9.97. The Morgan fingerprint density at radius 2 is 1.79 bits per heavy atom. The smallest absolute Gasteiger partial charge is 0.274 e. The van der Waals surface area contributed by atoms with Crippen LogP contribution in [0.15, 0.2) is 42.1 Å². The second-order valence-corrected chi connectivity index (χ2v) is 7.77. The second kappa shape index (κ2) is 9.50. The van der Waals surface area contributed by atoms with Gasteiger partial charge >= 0.3 is 0 Å². The van der Waals surface area contributed by atoms with Gasteiger partial charge in [0.15, 0.2) is 0 Å². The highest BCUT2D eigenvalue weighted by molar-refractivity contribution is 6.05. The molecule has 29 heavy (non-hydrogen) atoms. The van der Waals surface area contributed by atoms with Crippen LogP contribution in [0, 0.1) is 20.8 Å². The first-order chi connectivity index (χ1) is 13.9. The summed E-state index contributed by atoms with van der Waals surface area (Å²) < 4.78 is 0. The SMILES string of the molecule is Cc1cc(C)c(NC(=O)c2cc(C(=O)NCCC3=CCCCC3)ccn2)c(C)c1. The summed E-state index contributed by atoms with van der Waals surface area (Å²) in [6.07, 6.45) is 9.46. The number of aromatic nitrogens is 1. The summed E-state index contributed by atoms with van der Waals surface area (Å²) >= 11 is 0. The number of amides is 2. The molecule has 152 valence electrons. The standard InChI is InChI=1S/C24H29N3O2/c1-16-13-17(2)22(18(3)14-16)27-24(29)21-15-20(10-12-25-21)23(28)26-11-9-19-7-5-4-6-8-19/h7,10,12-15H,4-6,8-9,11H2,1-3H3,(H,26,28)(H,27,29).